The normalized spacial score (nSPS) is 18.7. The Morgan fingerprint density at radius 3 is 2.62 bits per heavy atom. The minimum absolute atomic E-state index is 0.255. The lowest BCUT2D eigenvalue weighted by molar-refractivity contribution is 0.0456. The van der Waals surface area contributed by atoms with Gasteiger partial charge in [0.1, 0.15) is 17.6 Å². The van der Waals surface area contributed by atoms with Crippen LogP contribution in [0.15, 0.2) is 47.2 Å². The molecule has 1 unspecified atom stereocenters. The molecule has 8 nitrogen and oxygen atoms in total. The zero-order valence-corrected chi connectivity index (χ0v) is 17.9. The van der Waals surface area contributed by atoms with E-state index >= 15 is 0 Å². The minimum atomic E-state index is -1.15. The summed E-state index contributed by atoms with van der Waals surface area (Å²) in [6, 6.07) is 10.4. The highest BCUT2D eigenvalue weighted by Crippen LogP contribution is 2.43. The van der Waals surface area contributed by atoms with E-state index in [2.05, 4.69) is 32.2 Å². The fourth-order valence-corrected chi connectivity index (χ4v) is 5.17. The van der Waals surface area contributed by atoms with Crippen molar-refractivity contribution in [1.82, 2.24) is 29.5 Å². The zero-order valence-electron chi connectivity index (χ0n) is 17.9. The van der Waals surface area contributed by atoms with E-state index in [1.807, 2.05) is 12.1 Å². The van der Waals surface area contributed by atoms with Crippen LogP contribution in [0.3, 0.4) is 0 Å². The second-order valence-electron chi connectivity index (χ2n) is 8.83. The standard InChI is InChI=1S/C24H18F2N6O2/c25-15-5-6-16-19(20(15)26)24(33)31-8-7-17(31)22-21(27-12-32(16)22)23-28-18(34-29-23)11-30-9-13-3-1-2-4-14(13)10-30/h1-6,12,17H,7-11H2. The van der Waals surface area contributed by atoms with E-state index in [0.717, 1.165) is 19.2 Å². The van der Waals surface area contributed by atoms with Gasteiger partial charge in [-0.2, -0.15) is 4.98 Å². The van der Waals surface area contributed by atoms with Gasteiger partial charge in [-0.15, -0.1) is 0 Å². The molecule has 0 saturated carbocycles. The monoisotopic (exact) mass is 460 g/mol. The Morgan fingerprint density at radius 1 is 1.09 bits per heavy atom. The predicted octanol–water partition coefficient (Wildman–Crippen LogP) is 3.62. The van der Waals surface area contributed by atoms with Crippen LogP contribution in [-0.4, -0.2) is 41.9 Å². The number of hydrogen-bond donors (Lipinski definition) is 0. The van der Waals surface area contributed by atoms with Gasteiger partial charge in [0, 0.05) is 19.6 Å². The highest BCUT2D eigenvalue weighted by molar-refractivity contribution is 5.99. The summed E-state index contributed by atoms with van der Waals surface area (Å²) in [6.45, 7) is 2.58. The second kappa shape index (κ2) is 7.04. The van der Waals surface area contributed by atoms with Gasteiger partial charge in [-0.3, -0.25) is 14.3 Å². The number of carbonyl (C=O) groups is 1. The van der Waals surface area contributed by atoms with Gasteiger partial charge < -0.3 is 9.42 Å². The first-order chi connectivity index (χ1) is 16.6. The quantitative estimate of drug-likeness (QED) is 0.465. The highest BCUT2D eigenvalue weighted by Gasteiger charge is 2.43. The van der Waals surface area contributed by atoms with Crippen molar-refractivity contribution in [2.75, 3.05) is 6.54 Å². The van der Waals surface area contributed by atoms with Crippen molar-refractivity contribution in [2.45, 2.75) is 32.1 Å². The van der Waals surface area contributed by atoms with Gasteiger partial charge in [0.2, 0.25) is 11.7 Å². The van der Waals surface area contributed by atoms with Gasteiger partial charge in [-0.25, -0.2) is 13.8 Å². The Bertz CT molecular complexity index is 1450. The van der Waals surface area contributed by atoms with Gasteiger partial charge >= 0.3 is 0 Å². The SMILES string of the molecule is O=C1c2c(ccc(F)c2F)-n2cnc(-c3noc(CN4Cc5ccccc5C4)n3)c2C2CCN12. The first-order valence-electron chi connectivity index (χ1n) is 11.1. The molecule has 0 bridgehead atoms. The lowest BCUT2D eigenvalue weighted by Crippen LogP contribution is -2.45. The summed E-state index contributed by atoms with van der Waals surface area (Å²) in [5.41, 5.74) is 3.70. The summed E-state index contributed by atoms with van der Waals surface area (Å²) < 4.78 is 35.8. The number of rotatable bonds is 3. The molecule has 2 aromatic heterocycles. The smallest absolute Gasteiger partial charge is 0.259 e. The molecule has 3 aliphatic heterocycles. The fourth-order valence-electron chi connectivity index (χ4n) is 5.17. The summed E-state index contributed by atoms with van der Waals surface area (Å²) in [7, 11) is 0. The van der Waals surface area contributed by atoms with Crippen molar-refractivity contribution >= 4 is 5.91 Å². The van der Waals surface area contributed by atoms with Crippen LogP contribution >= 0.6 is 0 Å². The number of amides is 1. The molecule has 0 radical (unpaired) electrons. The Morgan fingerprint density at radius 2 is 1.88 bits per heavy atom. The van der Waals surface area contributed by atoms with Crippen LogP contribution in [0.5, 0.6) is 0 Å². The van der Waals surface area contributed by atoms with Crippen molar-refractivity contribution in [1.29, 1.82) is 0 Å². The van der Waals surface area contributed by atoms with Crippen LogP contribution < -0.4 is 0 Å². The van der Waals surface area contributed by atoms with Crippen molar-refractivity contribution in [2.24, 2.45) is 0 Å². The molecule has 4 aromatic rings. The lowest BCUT2D eigenvalue weighted by atomic mass is 9.97. The minimum Gasteiger partial charge on any atom is -0.337 e. The number of benzene rings is 2. The number of fused-ring (bicyclic) bond motifs is 6. The summed E-state index contributed by atoms with van der Waals surface area (Å²) in [6.07, 6.45) is 2.18. The van der Waals surface area contributed by atoms with Crippen molar-refractivity contribution in [3.63, 3.8) is 0 Å². The van der Waals surface area contributed by atoms with Crippen LogP contribution in [0.2, 0.25) is 0 Å². The Hall–Kier alpha value is -3.92. The second-order valence-corrected chi connectivity index (χ2v) is 8.83. The first kappa shape index (κ1) is 19.5. The summed E-state index contributed by atoms with van der Waals surface area (Å²) in [4.78, 5) is 25.8. The Kier molecular flexibility index (Phi) is 4.04. The molecule has 5 heterocycles. The first-order valence-corrected chi connectivity index (χ1v) is 11.1. The highest BCUT2D eigenvalue weighted by atomic mass is 19.2. The third kappa shape index (κ3) is 2.72. The topological polar surface area (TPSA) is 80.3 Å². The molecule has 1 amide bonds. The van der Waals surface area contributed by atoms with Crippen LogP contribution in [0, 0.1) is 11.6 Å². The van der Waals surface area contributed by atoms with E-state index in [1.165, 1.54) is 28.4 Å². The van der Waals surface area contributed by atoms with E-state index in [4.69, 9.17) is 4.52 Å². The van der Waals surface area contributed by atoms with E-state index in [-0.39, 0.29) is 17.3 Å². The number of aromatic nitrogens is 4. The van der Waals surface area contributed by atoms with E-state index in [0.29, 0.717) is 42.6 Å². The molecule has 1 atom stereocenters. The summed E-state index contributed by atoms with van der Waals surface area (Å²) in [5, 5.41) is 4.15. The van der Waals surface area contributed by atoms with Gasteiger partial charge in [0.15, 0.2) is 11.6 Å². The molecule has 0 N–H and O–H groups in total. The largest absolute Gasteiger partial charge is 0.337 e. The maximum absolute atomic E-state index is 14.7. The van der Waals surface area contributed by atoms with E-state index in [1.54, 1.807) is 4.57 Å². The maximum Gasteiger partial charge on any atom is 0.259 e. The lowest BCUT2D eigenvalue weighted by Gasteiger charge is -2.39. The molecule has 7 rings (SSSR count). The summed E-state index contributed by atoms with van der Waals surface area (Å²) in [5.74, 6) is -1.95. The van der Waals surface area contributed by atoms with Crippen LogP contribution in [0.1, 0.15) is 45.5 Å². The number of hydrogen-bond acceptors (Lipinski definition) is 6. The summed E-state index contributed by atoms with van der Waals surface area (Å²) >= 11 is 0. The number of imidazole rings is 1. The predicted molar refractivity (Wildman–Crippen MR) is 115 cm³/mol. The third-order valence-electron chi connectivity index (χ3n) is 6.89. The average Bonchev–Trinajstić information content (AvgIpc) is 3.52. The van der Waals surface area contributed by atoms with Crippen LogP contribution in [0.4, 0.5) is 8.78 Å². The zero-order chi connectivity index (χ0) is 23.0. The van der Waals surface area contributed by atoms with Crippen molar-refractivity contribution < 1.29 is 18.1 Å². The molecule has 2 aromatic carbocycles. The van der Waals surface area contributed by atoms with Crippen molar-refractivity contribution in [3.8, 4) is 17.2 Å². The number of carbonyl (C=O) groups excluding carboxylic acids is 1. The number of nitrogens with zero attached hydrogens (tertiary/aromatic N) is 6. The molecule has 1 fully saturated rings. The maximum atomic E-state index is 14.7. The average molecular weight is 460 g/mol. The number of halogens is 2. The van der Waals surface area contributed by atoms with Gasteiger partial charge in [0.25, 0.3) is 5.91 Å². The molecule has 3 aliphatic rings. The van der Waals surface area contributed by atoms with Crippen LogP contribution in [-0.2, 0) is 19.6 Å². The van der Waals surface area contributed by atoms with Gasteiger partial charge in [0.05, 0.1) is 24.0 Å². The molecular formula is C24H18F2N6O2. The molecule has 34 heavy (non-hydrogen) atoms. The van der Waals surface area contributed by atoms with Crippen molar-refractivity contribution in [3.05, 3.63) is 82.6 Å². The molecular weight excluding hydrogens is 442 g/mol. The molecule has 0 aliphatic carbocycles. The fraction of sp³-hybridized carbons (Fsp3) is 0.250. The third-order valence-corrected chi connectivity index (χ3v) is 6.89. The molecule has 10 heteroatoms. The van der Waals surface area contributed by atoms with Gasteiger partial charge in [-0.05, 0) is 29.7 Å². The Balaban J connectivity index is 1.25. The molecule has 170 valence electrons. The molecule has 1 saturated heterocycles. The molecule has 0 spiro atoms. The van der Waals surface area contributed by atoms with Crippen LogP contribution in [0.25, 0.3) is 17.2 Å². The Labute approximate surface area is 192 Å². The van der Waals surface area contributed by atoms with E-state index < -0.39 is 17.5 Å². The van der Waals surface area contributed by atoms with E-state index in [9.17, 15) is 13.6 Å². The van der Waals surface area contributed by atoms with Gasteiger partial charge in [-0.1, -0.05) is 29.4 Å².